The third kappa shape index (κ3) is 4.17. The molecule has 128 valence electrons. The molecule has 0 radical (unpaired) electrons. The summed E-state index contributed by atoms with van der Waals surface area (Å²) >= 11 is 0. The molecule has 0 fully saturated rings. The van der Waals surface area contributed by atoms with Crippen LogP contribution in [0.5, 0.6) is 5.75 Å². The lowest BCUT2D eigenvalue weighted by atomic mass is 10.2. The van der Waals surface area contributed by atoms with Crippen molar-refractivity contribution in [3.63, 3.8) is 0 Å². The molecule has 1 atom stereocenters. The van der Waals surface area contributed by atoms with Crippen LogP contribution in [0.25, 0.3) is 5.69 Å². The van der Waals surface area contributed by atoms with Crippen molar-refractivity contribution in [3.05, 3.63) is 60.7 Å². The number of nitrogens with one attached hydrogen (secondary N) is 1. The van der Waals surface area contributed by atoms with Gasteiger partial charge in [-0.3, -0.25) is 4.79 Å². The molecule has 1 heterocycles. The number of anilines is 1. The Morgan fingerprint density at radius 3 is 2.52 bits per heavy atom. The van der Waals surface area contributed by atoms with Gasteiger partial charge >= 0.3 is 0 Å². The van der Waals surface area contributed by atoms with Crippen molar-refractivity contribution in [1.29, 1.82) is 0 Å². The normalized spacial score (nSPS) is 11.8. The molecule has 25 heavy (non-hydrogen) atoms. The smallest absolute Gasteiger partial charge is 0.265 e. The van der Waals surface area contributed by atoms with E-state index in [2.05, 4.69) is 20.8 Å². The number of hydrogen-bond acceptors (Lipinski definition) is 5. The Hall–Kier alpha value is -3.29. The molecule has 0 unspecified atom stereocenters. The Labute approximate surface area is 143 Å². The molecule has 0 bridgehead atoms. The maximum Gasteiger partial charge on any atom is 0.265 e. The predicted octanol–water partition coefficient (Wildman–Crippen LogP) is 2.60. The highest BCUT2D eigenvalue weighted by molar-refractivity contribution is 5.94. The first-order valence-electron chi connectivity index (χ1n) is 7.72. The first kappa shape index (κ1) is 16.6. The summed E-state index contributed by atoms with van der Waals surface area (Å²) in [6, 6.07) is 12.6. The van der Waals surface area contributed by atoms with Crippen LogP contribution < -0.4 is 10.1 Å². The van der Waals surface area contributed by atoms with Crippen LogP contribution in [0, 0.1) is 5.82 Å². The quantitative estimate of drug-likeness (QED) is 0.745. The number of tetrazole rings is 1. The van der Waals surface area contributed by atoms with E-state index < -0.39 is 6.10 Å². The van der Waals surface area contributed by atoms with Crippen molar-refractivity contribution in [2.75, 3.05) is 5.32 Å². The van der Waals surface area contributed by atoms with E-state index >= 15 is 0 Å². The number of ether oxygens (including phenoxy) is 1. The van der Waals surface area contributed by atoms with Crippen LogP contribution in [-0.4, -0.2) is 32.2 Å². The Balaban J connectivity index is 1.64. The number of aromatic nitrogens is 4. The predicted molar refractivity (Wildman–Crippen MR) is 88.9 cm³/mol. The number of carbonyl (C=O) groups excluding carboxylic acids is 1. The molecule has 1 amide bonds. The molecule has 0 saturated carbocycles. The van der Waals surface area contributed by atoms with Gasteiger partial charge < -0.3 is 10.1 Å². The Morgan fingerprint density at radius 2 is 1.92 bits per heavy atom. The van der Waals surface area contributed by atoms with Crippen LogP contribution in [0.4, 0.5) is 10.1 Å². The lowest BCUT2D eigenvalue weighted by Gasteiger charge is -2.17. The zero-order valence-corrected chi connectivity index (χ0v) is 13.5. The molecule has 1 aromatic heterocycles. The van der Waals surface area contributed by atoms with E-state index in [9.17, 15) is 9.18 Å². The summed E-state index contributed by atoms with van der Waals surface area (Å²) in [6.45, 7) is 1.84. The van der Waals surface area contributed by atoms with Crippen LogP contribution in [0.2, 0.25) is 0 Å². The molecule has 0 aliphatic heterocycles. The molecular weight excluding hydrogens is 325 g/mol. The van der Waals surface area contributed by atoms with E-state index in [1.807, 2.05) is 6.92 Å². The van der Waals surface area contributed by atoms with Gasteiger partial charge in [0.2, 0.25) is 0 Å². The summed E-state index contributed by atoms with van der Waals surface area (Å²) in [5, 5.41) is 13.7. The van der Waals surface area contributed by atoms with Gasteiger partial charge in [-0.15, -0.1) is 5.10 Å². The SMILES string of the molecule is CC[C@H](Oc1ccc(F)cc1)C(=O)Nc1ccc(-n2cnnn2)cc1. The first-order valence-corrected chi connectivity index (χ1v) is 7.72. The fraction of sp³-hybridized carbons (Fsp3) is 0.176. The largest absolute Gasteiger partial charge is 0.481 e. The van der Waals surface area contributed by atoms with Gasteiger partial charge in [0.1, 0.15) is 17.9 Å². The number of rotatable bonds is 6. The second kappa shape index (κ2) is 7.52. The number of nitrogens with zero attached hydrogens (tertiary/aromatic N) is 4. The zero-order chi connectivity index (χ0) is 17.6. The lowest BCUT2D eigenvalue weighted by Crippen LogP contribution is -2.32. The van der Waals surface area contributed by atoms with Crippen LogP contribution >= 0.6 is 0 Å². The van der Waals surface area contributed by atoms with Gasteiger partial charge in [0, 0.05) is 5.69 Å². The van der Waals surface area contributed by atoms with Gasteiger partial charge in [-0.2, -0.15) is 0 Å². The molecule has 8 heteroatoms. The maximum absolute atomic E-state index is 12.9. The molecule has 0 aliphatic carbocycles. The van der Waals surface area contributed by atoms with Gasteiger partial charge in [-0.05, 0) is 65.4 Å². The van der Waals surface area contributed by atoms with E-state index in [0.29, 0.717) is 17.9 Å². The van der Waals surface area contributed by atoms with Gasteiger partial charge in [0.05, 0.1) is 5.69 Å². The average molecular weight is 341 g/mol. The van der Waals surface area contributed by atoms with Crippen LogP contribution in [0.15, 0.2) is 54.9 Å². The van der Waals surface area contributed by atoms with E-state index in [1.165, 1.54) is 35.3 Å². The fourth-order valence-corrected chi connectivity index (χ4v) is 2.20. The van der Waals surface area contributed by atoms with Gasteiger partial charge in [-0.1, -0.05) is 6.92 Å². The monoisotopic (exact) mass is 341 g/mol. The van der Waals surface area contributed by atoms with E-state index in [-0.39, 0.29) is 11.7 Å². The highest BCUT2D eigenvalue weighted by atomic mass is 19.1. The van der Waals surface area contributed by atoms with Crippen LogP contribution in [0.1, 0.15) is 13.3 Å². The van der Waals surface area contributed by atoms with Gasteiger partial charge in [-0.25, -0.2) is 9.07 Å². The van der Waals surface area contributed by atoms with Crippen molar-refractivity contribution < 1.29 is 13.9 Å². The number of hydrogen-bond donors (Lipinski definition) is 1. The van der Waals surface area contributed by atoms with Crippen molar-refractivity contribution in [1.82, 2.24) is 20.2 Å². The molecule has 3 rings (SSSR count). The topological polar surface area (TPSA) is 81.9 Å². The lowest BCUT2D eigenvalue weighted by molar-refractivity contribution is -0.122. The molecule has 7 nitrogen and oxygen atoms in total. The first-order chi connectivity index (χ1) is 12.2. The fourth-order valence-electron chi connectivity index (χ4n) is 2.20. The maximum atomic E-state index is 12.9. The van der Waals surface area contributed by atoms with Crippen LogP contribution in [0.3, 0.4) is 0 Å². The minimum Gasteiger partial charge on any atom is -0.481 e. The second-order valence-corrected chi connectivity index (χ2v) is 5.26. The third-order valence-corrected chi connectivity index (χ3v) is 3.50. The second-order valence-electron chi connectivity index (χ2n) is 5.26. The average Bonchev–Trinajstić information content (AvgIpc) is 3.16. The number of halogens is 1. The molecule has 3 aromatic rings. The molecule has 0 spiro atoms. The summed E-state index contributed by atoms with van der Waals surface area (Å²) in [4.78, 5) is 12.4. The standard InChI is InChI=1S/C17H16FN5O2/c1-2-16(25-15-9-3-12(18)4-10-15)17(24)20-13-5-7-14(8-6-13)23-11-19-21-22-23/h3-11,16H,2H2,1H3,(H,20,24)/t16-/m0/s1. The van der Waals surface area contributed by atoms with Crippen molar-refractivity contribution in [2.24, 2.45) is 0 Å². The van der Waals surface area contributed by atoms with Gasteiger partial charge in [0.25, 0.3) is 5.91 Å². The van der Waals surface area contributed by atoms with Crippen molar-refractivity contribution in [2.45, 2.75) is 19.4 Å². The third-order valence-electron chi connectivity index (χ3n) is 3.50. The van der Waals surface area contributed by atoms with Crippen molar-refractivity contribution in [3.8, 4) is 11.4 Å². The number of amides is 1. The molecule has 0 aliphatic rings. The van der Waals surface area contributed by atoms with Gasteiger partial charge in [0.15, 0.2) is 6.10 Å². The van der Waals surface area contributed by atoms with E-state index in [4.69, 9.17) is 4.74 Å². The zero-order valence-electron chi connectivity index (χ0n) is 13.5. The summed E-state index contributed by atoms with van der Waals surface area (Å²) in [7, 11) is 0. The highest BCUT2D eigenvalue weighted by Crippen LogP contribution is 2.17. The van der Waals surface area contributed by atoms with E-state index in [1.54, 1.807) is 24.3 Å². The Morgan fingerprint density at radius 1 is 1.20 bits per heavy atom. The number of carbonyl (C=O) groups is 1. The van der Waals surface area contributed by atoms with Crippen LogP contribution in [-0.2, 0) is 4.79 Å². The minimum absolute atomic E-state index is 0.276. The molecule has 2 aromatic carbocycles. The minimum atomic E-state index is -0.676. The summed E-state index contributed by atoms with van der Waals surface area (Å²) < 4.78 is 20.1. The van der Waals surface area contributed by atoms with Crippen molar-refractivity contribution >= 4 is 11.6 Å². The molecule has 1 N–H and O–H groups in total. The summed E-state index contributed by atoms with van der Waals surface area (Å²) in [6.07, 6.45) is 1.29. The highest BCUT2D eigenvalue weighted by Gasteiger charge is 2.18. The molecule has 0 saturated heterocycles. The van der Waals surface area contributed by atoms with E-state index in [0.717, 1.165) is 5.69 Å². The number of benzene rings is 2. The Kier molecular flexibility index (Phi) is 4.98. The summed E-state index contributed by atoms with van der Waals surface area (Å²) in [5.74, 6) is -0.188. The molecular formula is C17H16FN5O2. The Bertz CT molecular complexity index is 819. The summed E-state index contributed by atoms with van der Waals surface area (Å²) in [5.41, 5.74) is 1.40.